The Labute approximate surface area is 115 Å². The van der Waals surface area contributed by atoms with Crippen LogP contribution in [0.15, 0.2) is 46.2 Å². The molecule has 1 atom stereocenters. The van der Waals surface area contributed by atoms with Crippen LogP contribution in [0.25, 0.3) is 10.9 Å². The molecular formula is C12H10N4O3S. The van der Waals surface area contributed by atoms with Gasteiger partial charge in [0.2, 0.25) is 0 Å². The summed E-state index contributed by atoms with van der Waals surface area (Å²) in [6.45, 7) is 0. The fourth-order valence-corrected chi connectivity index (χ4v) is 2.23. The van der Waals surface area contributed by atoms with Crippen LogP contribution in [0, 0.1) is 0 Å². The summed E-state index contributed by atoms with van der Waals surface area (Å²) in [6, 6.07) is 8.05. The Kier molecular flexibility index (Phi) is 3.09. The Morgan fingerprint density at radius 2 is 1.95 bits per heavy atom. The Morgan fingerprint density at radius 3 is 2.65 bits per heavy atom. The van der Waals surface area contributed by atoms with E-state index in [9.17, 15) is 9.00 Å². The normalized spacial score (nSPS) is 12.4. The highest BCUT2D eigenvalue weighted by atomic mass is 32.2. The summed E-state index contributed by atoms with van der Waals surface area (Å²) < 4.78 is 19.8. The Hall–Kier alpha value is -2.45. The first kappa shape index (κ1) is 12.6. The number of H-pyrrole nitrogens is 2. The van der Waals surface area contributed by atoms with Crippen molar-refractivity contribution in [3.63, 3.8) is 0 Å². The molecule has 0 saturated heterocycles. The molecule has 102 valence electrons. The van der Waals surface area contributed by atoms with Gasteiger partial charge < -0.3 is 14.9 Å². The standard InChI is InChI=1S/C12H10N4O3S/c17-12-10-9(5-6-13-12)15-16-11(10)14-7-1-3-8(4-2-7)20(18)19/h1-6H,(H,13,17)(H,18,19)(H2,14,15,16). The SMILES string of the molecule is O=c1[nH]ccc2[nH]nc(Nc3ccc(S(=O)O)cc3)c12. The van der Waals surface area contributed by atoms with Gasteiger partial charge in [-0.2, -0.15) is 5.10 Å². The average molecular weight is 290 g/mol. The summed E-state index contributed by atoms with van der Waals surface area (Å²) in [5.74, 6) is 0.403. The molecule has 8 heteroatoms. The smallest absolute Gasteiger partial charge is 0.261 e. The number of aromatic amines is 2. The van der Waals surface area contributed by atoms with Gasteiger partial charge in [0, 0.05) is 11.9 Å². The summed E-state index contributed by atoms with van der Waals surface area (Å²) in [5, 5.41) is 10.2. The third-order valence-corrected chi connectivity index (χ3v) is 3.48. The molecule has 0 amide bonds. The number of benzene rings is 1. The van der Waals surface area contributed by atoms with Crippen molar-refractivity contribution in [2.24, 2.45) is 0 Å². The first-order chi connectivity index (χ1) is 9.65. The number of nitrogens with zero attached hydrogens (tertiary/aromatic N) is 1. The van der Waals surface area contributed by atoms with Crippen molar-refractivity contribution in [2.45, 2.75) is 4.90 Å². The van der Waals surface area contributed by atoms with E-state index >= 15 is 0 Å². The van der Waals surface area contributed by atoms with Gasteiger partial charge >= 0.3 is 0 Å². The van der Waals surface area contributed by atoms with Gasteiger partial charge in [0.1, 0.15) is 5.39 Å². The monoisotopic (exact) mass is 290 g/mol. The van der Waals surface area contributed by atoms with Gasteiger partial charge in [0.05, 0.1) is 10.4 Å². The number of hydrogen-bond donors (Lipinski definition) is 4. The molecule has 0 aliphatic rings. The highest BCUT2D eigenvalue weighted by Gasteiger charge is 2.09. The van der Waals surface area contributed by atoms with E-state index in [0.29, 0.717) is 27.3 Å². The first-order valence-electron chi connectivity index (χ1n) is 5.69. The third-order valence-electron chi connectivity index (χ3n) is 2.80. The largest absolute Gasteiger partial charge is 0.338 e. The molecule has 4 N–H and O–H groups in total. The average Bonchev–Trinajstić information content (AvgIpc) is 2.84. The van der Waals surface area contributed by atoms with Crippen LogP contribution < -0.4 is 10.9 Å². The van der Waals surface area contributed by atoms with Crippen molar-refractivity contribution < 1.29 is 8.76 Å². The lowest BCUT2D eigenvalue weighted by Crippen LogP contribution is -2.05. The van der Waals surface area contributed by atoms with Gasteiger partial charge in [-0.1, -0.05) is 0 Å². The second-order valence-corrected chi connectivity index (χ2v) is 5.04. The van der Waals surface area contributed by atoms with Crippen molar-refractivity contribution in [1.82, 2.24) is 15.2 Å². The highest BCUT2D eigenvalue weighted by molar-refractivity contribution is 7.79. The van der Waals surface area contributed by atoms with Gasteiger partial charge in [-0.3, -0.25) is 9.89 Å². The van der Waals surface area contributed by atoms with Crippen molar-refractivity contribution in [3.05, 3.63) is 46.9 Å². The number of anilines is 2. The Morgan fingerprint density at radius 1 is 1.20 bits per heavy atom. The van der Waals surface area contributed by atoms with E-state index in [4.69, 9.17) is 4.55 Å². The van der Waals surface area contributed by atoms with Crippen LogP contribution in [-0.2, 0) is 11.1 Å². The van der Waals surface area contributed by atoms with E-state index in [1.165, 1.54) is 18.3 Å². The Bertz CT molecular complexity index is 838. The molecule has 2 heterocycles. The zero-order valence-electron chi connectivity index (χ0n) is 10.1. The summed E-state index contributed by atoms with van der Waals surface area (Å²) in [6.07, 6.45) is 1.54. The molecule has 0 aliphatic carbocycles. The molecule has 1 unspecified atom stereocenters. The summed E-state index contributed by atoms with van der Waals surface area (Å²) in [4.78, 5) is 14.7. The number of rotatable bonds is 3. The third kappa shape index (κ3) is 2.22. The number of hydrogen-bond acceptors (Lipinski definition) is 4. The molecule has 3 rings (SSSR count). The van der Waals surface area contributed by atoms with Crippen LogP contribution in [0.3, 0.4) is 0 Å². The van der Waals surface area contributed by atoms with Gasteiger partial charge in [-0.25, -0.2) is 4.21 Å². The van der Waals surface area contributed by atoms with Gasteiger partial charge in [-0.05, 0) is 30.3 Å². The molecule has 0 radical (unpaired) electrons. The number of aromatic nitrogens is 3. The molecule has 2 aromatic heterocycles. The van der Waals surface area contributed by atoms with Crippen molar-refractivity contribution in [2.75, 3.05) is 5.32 Å². The fraction of sp³-hybridized carbons (Fsp3) is 0. The first-order valence-corrected chi connectivity index (χ1v) is 6.79. The number of fused-ring (bicyclic) bond motifs is 1. The second kappa shape index (κ2) is 4.91. The lowest BCUT2D eigenvalue weighted by atomic mass is 10.3. The number of nitrogens with one attached hydrogen (secondary N) is 3. The number of pyridine rings is 1. The van der Waals surface area contributed by atoms with Crippen molar-refractivity contribution >= 4 is 33.5 Å². The van der Waals surface area contributed by atoms with Crippen molar-refractivity contribution in [3.8, 4) is 0 Å². The van der Waals surface area contributed by atoms with Crippen LogP contribution >= 0.6 is 0 Å². The Balaban J connectivity index is 1.97. The van der Waals surface area contributed by atoms with Gasteiger partial charge in [-0.15, -0.1) is 0 Å². The minimum Gasteiger partial charge on any atom is -0.338 e. The quantitative estimate of drug-likeness (QED) is 0.547. The lowest BCUT2D eigenvalue weighted by molar-refractivity contribution is 0.564. The summed E-state index contributed by atoms with van der Waals surface area (Å²) in [7, 11) is 0. The van der Waals surface area contributed by atoms with Crippen LogP contribution in [0.2, 0.25) is 0 Å². The van der Waals surface area contributed by atoms with E-state index in [1.807, 2.05) is 0 Å². The van der Waals surface area contributed by atoms with E-state index in [1.54, 1.807) is 18.2 Å². The maximum absolute atomic E-state index is 11.8. The molecule has 0 bridgehead atoms. The van der Waals surface area contributed by atoms with Crippen LogP contribution in [0.1, 0.15) is 0 Å². The molecule has 0 saturated carbocycles. The molecular weight excluding hydrogens is 280 g/mol. The van der Waals surface area contributed by atoms with Crippen LogP contribution in [0.5, 0.6) is 0 Å². The maximum atomic E-state index is 11.8. The molecule has 20 heavy (non-hydrogen) atoms. The zero-order chi connectivity index (χ0) is 14.1. The van der Waals surface area contributed by atoms with E-state index in [0.717, 1.165) is 0 Å². The minimum atomic E-state index is -2.01. The minimum absolute atomic E-state index is 0.244. The van der Waals surface area contributed by atoms with Crippen molar-refractivity contribution in [1.29, 1.82) is 0 Å². The highest BCUT2D eigenvalue weighted by Crippen LogP contribution is 2.21. The van der Waals surface area contributed by atoms with Gasteiger partial charge in [0.15, 0.2) is 16.9 Å². The molecule has 0 spiro atoms. The summed E-state index contributed by atoms with van der Waals surface area (Å²) in [5.41, 5.74) is 1.05. The fourth-order valence-electron chi connectivity index (χ4n) is 1.86. The van der Waals surface area contributed by atoms with Crippen LogP contribution in [-0.4, -0.2) is 23.9 Å². The van der Waals surface area contributed by atoms with E-state index in [2.05, 4.69) is 20.5 Å². The van der Waals surface area contributed by atoms with Crippen LogP contribution in [0.4, 0.5) is 11.5 Å². The summed E-state index contributed by atoms with van der Waals surface area (Å²) >= 11 is -2.01. The molecule has 7 nitrogen and oxygen atoms in total. The van der Waals surface area contributed by atoms with E-state index in [-0.39, 0.29) is 5.56 Å². The van der Waals surface area contributed by atoms with E-state index < -0.39 is 11.1 Å². The topological polar surface area (TPSA) is 111 Å². The predicted octanol–water partition coefficient (Wildman–Crippen LogP) is 1.58. The van der Waals surface area contributed by atoms with Gasteiger partial charge in [0.25, 0.3) is 5.56 Å². The predicted molar refractivity (Wildman–Crippen MR) is 75.5 cm³/mol. The lowest BCUT2D eigenvalue weighted by Gasteiger charge is -2.03. The molecule has 1 aromatic carbocycles. The zero-order valence-corrected chi connectivity index (χ0v) is 10.9. The maximum Gasteiger partial charge on any atom is 0.261 e. The molecule has 0 fully saturated rings. The molecule has 0 aliphatic heterocycles. The molecule has 3 aromatic rings. The second-order valence-electron chi connectivity index (χ2n) is 4.07.